The Bertz CT molecular complexity index is 811. The van der Waals surface area contributed by atoms with E-state index in [1.54, 1.807) is 5.57 Å². The fraction of sp³-hybridized carbons (Fsp3) is 0.733. The van der Waals surface area contributed by atoms with E-state index < -0.39 is 0 Å². The number of benzene rings is 1. The minimum atomic E-state index is 0.396. The van der Waals surface area contributed by atoms with Gasteiger partial charge in [0.1, 0.15) is 0 Å². The molecule has 34 heavy (non-hydrogen) atoms. The molecule has 4 heteroatoms. The van der Waals surface area contributed by atoms with Gasteiger partial charge in [-0.15, -0.1) is 0 Å². The molecule has 0 spiro atoms. The second-order valence-corrected chi connectivity index (χ2v) is 11.9. The lowest BCUT2D eigenvalue weighted by Gasteiger charge is -2.39. The quantitative estimate of drug-likeness (QED) is 0.458. The molecule has 0 saturated carbocycles. The van der Waals surface area contributed by atoms with E-state index in [2.05, 4.69) is 66.7 Å². The van der Waals surface area contributed by atoms with Crippen molar-refractivity contribution in [2.24, 2.45) is 11.3 Å². The summed E-state index contributed by atoms with van der Waals surface area (Å²) in [6, 6.07) is 7.34. The number of hydrogen-bond donors (Lipinski definition) is 0. The van der Waals surface area contributed by atoms with Crippen molar-refractivity contribution in [3.05, 3.63) is 29.8 Å². The molecule has 2 saturated heterocycles. The van der Waals surface area contributed by atoms with Crippen LogP contribution in [0.2, 0.25) is 0 Å². The lowest BCUT2D eigenvalue weighted by atomic mass is 9.72. The minimum absolute atomic E-state index is 0.396. The predicted molar refractivity (Wildman–Crippen MR) is 147 cm³/mol. The molecule has 4 rings (SSSR count). The van der Waals surface area contributed by atoms with Crippen molar-refractivity contribution in [1.29, 1.82) is 0 Å². The van der Waals surface area contributed by atoms with Crippen molar-refractivity contribution >= 4 is 16.9 Å². The van der Waals surface area contributed by atoms with Gasteiger partial charge in [-0.3, -0.25) is 4.90 Å². The van der Waals surface area contributed by atoms with Crippen molar-refractivity contribution in [2.75, 3.05) is 62.7 Å². The molecule has 4 nitrogen and oxygen atoms in total. The van der Waals surface area contributed by atoms with Crippen LogP contribution in [0.4, 0.5) is 11.4 Å². The number of nitrogens with zero attached hydrogens (tertiary/aromatic N) is 3. The van der Waals surface area contributed by atoms with Crippen LogP contribution in [0.15, 0.2) is 24.3 Å². The first kappa shape index (κ1) is 25.6. The summed E-state index contributed by atoms with van der Waals surface area (Å²) in [7, 11) is 1.86. The van der Waals surface area contributed by atoms with Crippen LogP contribution in [-0.4, -0.2) is 63.9 Å². The monoisotopic (exact) mass is 467 g/mol. The summed E-state index contributed by atoms with van der Waals surface area (Å²) in [6.07, 6.45) is 11.6. The van der Waals surface area contributed by atoms with Crippen molar-refractivity contribution in [2.45, 2.75) is 78.7 Å². The summed E-state index contributed by atoms with van der Waals surface area (Å²) in [5.41, 5.74) is 6.34. The van der Waals surface area contributed by atoms with E-state index in [0.29, 0.717) is 11.5 Å². The molecule has 1 aromatic rings. The first-order chi connectivity index (χ1) is 16.4. The molecule has 0 aromatic heterocycles. The number of piperidine rings is 1. The number of rotatable bonds is 7. The van der Waals surface area contributed by atoms with E-state index in [0.717, 1.165) is 44.9 Å². The largest absolute Gasteiger partial charge is 0.381 e. The highest BCUT2D eigenvalue weighted by atomic mass is 16.5. The maximum absolute atomic E-state index is 5.62. The van der Waals surface area contributed by atoms with E-state index in [4.69, 9.17) is 4.74 Å². The Labute approximate surface area is 209 Å². The zero-order chi connectivity index (χ0) is 24.1. The minimum Gasteiger partial charge on any atom is -0.381 e. The number of hydrogen-bond acceptors (Lipinski definition) is 4. The zero-order valence-corrected chi connectivity index (χ0v) is 22.6. The Balaban J connectivity index is 1.55. The molecule has 0 radical (unpaired) electrons. The molecule has 0 N–H and O–H groups in total. The fourth-order valence-electron chi connectivity index (χ4n) is 6.06. The van der Waals surface area contributed by atoms with Gasteiger partial charge in [0.15, 0.2) is 0 Å². The molecule has 2 fully saturated rings. The van der Waals surface area contributed by atoms with Crippen LogP contribution in [0.3, 0.4) is 0 Å². The predicted octanol–water partition coefficient (Wildman–Crippen LogP) is 6.45. The van der Waals surface area contributed by atoms with Gasteiger partial charge < -0.3 is 14.5 Å². The van der Waals surface area contributed by atoms with Crippen LogP contribution in [-0.2, 0) is 4.74 Å². The summed E-state index contributed by atoms with van der Waals surface area (Å²) >= 11 is 0. The summed E-state index contributed by atoms with van der Waals surface area (Å²) in [6.45, 7) is 17.6. The second-order valence-electron chi connectivity index (χ2n) is 11.9. The standard InChI is InChI=1S/C30H49N3O/c1-6-7-16-31-19-21-33(22-20-31)29-13-12-26(32-17-14-27(34-5)15-18-32)23-28(29)24-8-10-25(11-9-24)30(2,3)4/h8,12-13,23,25,27H,6-7,9-11,14-22H2,1-5H3. The van der Waals surface area contributed by atoms with Crippen LogP contribution in [0, 0.1) is 11.3 Å². The van der Waals surface area contributed by atoms with Gasteiger partial charge in [0, 0.05) is 63.3 Å². The van der Waals surface area contributed by atoms with Gasteiger partial charge in [0.25, 0.3) is 0 Å². The Hall–Kier alpha value is -1.52. The number of anilines is 2. The Morgan fingerprint density at radius 1 is 0.941 bits per heavy atom. The highest BCUT2D eigenvalue weighted by Gasteiger charge is 2.29. The summed E-state index contributed by atoms with van der Waals surface area (Å²) < 4.78 is 5.62. The number of methoxy groups -OCH3 is 1. The molecular formula is C30H49N3O. The van der Waals surface area contributed by atoms with Gasteiger partial charge in [-0.25, -0.2) is 0 Å². The van der Waals surface area contributed by atoms with Gasteiger partial charge >= 0.3 is 0 Å². The molecule has 2 heterocycles. The first-order valence-electron chi connectivity index (χ1n) is 14.0. The molecule has 1 aromatic carbocycles. The molecule has 3 aliphatic rings. The maximum atomic E-state index is 5.62. The summed E-state index contributed by atoms with van der Waals surface area (Å²) in [4.78, 5) is 7.89. The van der Waals surface area contributed by atoms with Gasteiger partial charge in [0.05, 0.1) is 6.10 Å². The van der Waals surface area contributed by atoms with Crippen LogP contribution in [0.5, 0.6) is 0 Å². The third-order valence-corrected chi connectivity index (χ3v) is 8.64. The molecule has 2 aliphatic heterocycles. The van der Waals surface area contributed by atoms with Crippen molar-refractivity contribution in [3.63, 3.8) is 0 Å². The van der Waals surface area contributed by atoms with Crippen molar-refractivity contribution < 1.29 is 4.74 Å². The Morgan fingerprint density at radius 3 is 2.26 bits per heavy atom. The third kappa shape index (κ3) is 6.18. The Kier molecular flexibility index (Phi) is 8.63. The molecule has 1 unspecified atom stereocenters. The molecule has 0 amide bonds. The van der Waals surface area contributed by atoms with E-state index >= 15 is 0 Å². The number of ether oxygens (including phenoxy) is 1. The van der Waals surface area contributed by atoms with Crippen LogP contribution >= 0.6 is 0 Å². The average Bonchev–Trinajstić information content (AvgIpc) is 2.87. The van der Waals surface area contributed by atoms with E-state index in [-0.39, 0.29) is 0 Å². The van der Waals surface area contributed by atoms with E-state index in [1.165, 1.54) is 68.7 Å². The summed E-state index contributed by atoms with van der Waals surface area (Å²) in [5, 5.41) is 0. The highest BCUT2D eigenvalue weighted by molar-refractivity contribution is 5.80. The van der Waals surface area contributed by atoms with Crippen molar-refractivity contribution in [3.8, 4) is 0 Å². The van der Waals surface area contributed by atoms with Crippen LogP contribution in [0.25, 0.3) is 5.57 Å². The molecular weight excluding hydrogens is 418 g/mol. The lowest BCUT2D eigenvalue weighted by Crippen LogP contribution is -2.47. The topological polar surface area (TPSA) is 19.0 Å². The molecule has 1 atom stereocenters. The van der Waals surface area contributed by atoms with Crippen LogP contribution < -0.4 is 9.80 Å². The van der Waals surface area contributed by atoms with E-state index in [9.17, 15) is 0 Å². The first-order valence-corrected chi connectivity index (χ1v) is 14.0. The van der Waals surface area contributed by atoms with Crippen LogP contribution in [0.1, 0.15) is 78.2 Å². The normalized spacial score (nSPS) is 23.3. The van der Waals surface area contributed by atoms with Crippen molar-refractivity contribution in [1.82, 2.24) is 4.90 Å². The second kappa shape index (κ2) is 11.5. The number of unbranched alkanes of at least 4 members (excludes halogenated alkanes) is 1. The van der Waals surface area contributed by atoms with E-state index in [1.807, 2.05) is 7.11 Å². The molecule has 1 aliphatic carbocycles. The third-order valence-electron chi connectivity index (χ3n) is 8.64. The van der Waals surface area contributed by atoms with Gasteiger partial charge in [0.2, 0.25) is 0 Å². The van der Waals surface area contributed by atoms with Gasteiger partial charge in [-0.2, -0.15) is 0 Å². The average molecular weight is 468 g/mol. The maximum Gasteiger partial charge on any atom is 0.0605 e. The molecule has 0 bridgehead atoms. The van der Waals surface area contributed by atoms with Gasteiger partial charge in [-0.1, -0.05) is 40.2 Å². The lowest BCUT2D eigenvalue weighted by molar-refractivity contribution is 0.0819. The fourth-order valence-corrected chi connectivity index (χ4v) is 6.06. The zero-order valence-electron chi connectivity index (χ0n) is 22.6. The SMILES string of the molecule is CCCCN1CCN(c2ccc(N3CCC(OC)CC3)cc2C2=CCC(C(C)(C)C)CC2)CC1. The number of piperazine rings is 1. The Morgan fingerprint density at radius 2 is 1.68 bits per heavy atom. The van der Waals surface area contributed by atoms with Gasteiger partial charge in [-0.05, 0) is 80.2 Å². The highest BCUT2D eigenvalue weighted by Crippen LogP contribution is 2.42. The number of allylic oxidation sites excluding steroid dienone is 2. The summed E-state index contributed by atoms with van der Waals surface area (Å²) in [5.74, 6) is 0.790. The molecule has 190 valence electrons. The smallest absolute Gasteiger partial charge is 0.0605 e.